The zero-order chi connectivity index (χ0) is 19.1. The Morgan fingerprint density at radius 2 is 2.21 bits per heavy atom. The summed E-state index contributed by atoms with van der Waals surface area (Å²) in [5, 5.41) is 7.16. The van der Waals surface area contributed by atoms with Crippen molar-refractivity contribution in [3.8, 4) is 0 Å². The SMILES string of the molecule is Cc1nc2ccccn2c1CN1CCCC(c2cc(C(=O)NC3CC3)on2)C1. The Hall–Kier alpha value is -2.67. The summed E-state index contributed by atoms with van der Waals surface area (Å²) in [6, 6.07) is 8.24. The van der Waals surface area contributed by atoms with E-state index in [-0.39, 0.29) is 5.91 Å². The second kappa shape index (κ2) is 7.05. The summed E-state index contributed by atoms with van der Waals surface area (Å²) >= 11 is 0. The van der Waals surface area contributed by atoms with Crippen LogP contribution in [0.4, 0.5) is 0 Å². The average molecular weight is 379 g/mol. The highest BCUT2D eigenvalue weighted by molar-refractivity contribution is 5.91. The summed E-state index contributed by atoms with van der Waals surface area (Å²) in [4.78, 5) is 19.3. The average Bonchev–Trinajstić information content (AvgIpc) is 3.27. The van der Waals surface area contributed by atoms with E-state index in [1.165, 1.54) is 5.69 Å². The molecule has 1 aliphatic heterocycles. The number of aromatic nitrogens is 3. The summed E-state index contributed by atoms with van der Waals surface area (Å²) in [6.45, 7) is 4.91. The molecule has 5 rings (SSSR count). The van der Waals surface area contributed by atoms with Crippen LogP contribution in [0.1, 0.15) is 59.2 Å². The number of amides is 1. The third-order valence-corrected chi connectivity index (χ3v) is 5.79. The van der Waals surface area contributed by atoms with Gasteiger partial charge < -0.3 is 14.2 Å². The topological polar surface area (TPSA) is 75.7 Å². The molecule has 0 spiro atoms. The van der Waals surface area contributed by atoms with E-state index < -0.39 is 0 Å². The normalized spacial score (nSPS) is 20.5. The standard InChI is InChI=1S/C21H25N5O2/c1-14-18(26-10-3-2-6-20(26)22-14)13-25-9-4-5-15(12-25)17-11-19(28-24-17)21(27)23-16-7-8-16/h2-3,6,10-11,15-16H,4-5,7-9,12-13H2,1H3,(H,23,27). The molecule has 3 aromatic heterocycles. The number of carbonyl (C=O) groups excluding carboxylic acids is 1. The lowest BCUT2D eigenvalue weighted by Gasteiger charge is -2.31. The van der Waals surface area contributed by atoms with Crippen LogP contribution in [0.3, 0.4) is 0 Å². The second-order valence-electron chi connectivity index (χ2n) is 8.01. The zero-order valence-corrected chi connectivity index (χ0v) is 16.1. The molecule has 0 aromatic carbocycles. The first-order valence-electron chi connectivity index (χ1n) is 10.1. The van der Waals surface area contributed by atoms with Gasteiger partial charge in [-0.1, -0.05) is 11.2 Å². The van der Waals surface area contributed by atoms with E-state index in [9.17, 15) is 4.79 Å². The largest absolute Gasteiger partial charge is 0.351 e. The van der Waals surface area contributed by atoms with E-state index in [1.54, 1.807) is 0 Å². The maximum Gasteiger partial charge on any atom is 0.290 e. The molecule has 1 unspecified atom stereocenters. The fourth-order valence-electron chi connectivity index (χ4n) is 4.08. The molecular formula is C21H25N5O2. The van der Waals surface area contributed by atoms with Gasteiger partial charge in [0, 0.05) is 37.3 Å². The Kier molecular flexibility index (Phi) is 4.39. The molecule has 1 saturated carbocycles. The molecule has 1 amide bonds. The van der Waals surface area contributed by atoms with Crippen LogP contribution in [0.5, 0.6) is 0 Å². The van der Waals surface area contributed by atoms with Crippen molar-refractivity contribution in [1.29, 1.82) is 0 Å². The van der Waals surface area contributed by atoms with Crippen molar-refractivity contribution in [1.82, 2.24) is 24.8 Å². The van der Waals surface area contributed by atoms with Crippen molar-refractivity contribution < 1.29 is 9.32 Å². The van der Waals surface area contributed by atoms with Gasteiger partial charge in [-0.2, -0.15) is 0 Å². The Morgan fingerprint density at radius 1 is 1.32 bits per heavy atom. The van der Waals surface area contributed by atoms with Crippen LogP contribution in [0.25, 0.3) is 5.65 Å². The van der Waals surface area contributed by atoms with Gasteiger partial charge >= 0.3 is 0 Å². The number of hydrogen-bond acceptors (Lipinski definition) is 5. The van der Waals surface area contributed by atoms with Gasteiger partial charge in [0.2, 0.25) is 5.76 Å². The van der Waals surface area contributed by atoms with Gasteiger partial charge in [-0.25, -0.2) is 4.98 Å². The maximum absolute atomic E-state index is 12.2. The van der Waals surface area contributed by atoms with Crippen molar-refractivity contribution in [3.63, 3.8) is 0 Å². The molecule has 1 aliphatic carbocycles. The number of nitrogens with zero attached hydrogens (tertiary/aromatic N) is 4. The van der Waals surface area contributed by atoms with Gasteiger partial charge in [-0.15, -0.1) is 0 Å². The zero-order valence-electron chi connectivity index (χ0n) is 16.1. The number of imidazole rings is 1. The molecule has 3 aromatic rings. The van der Waals surface area contributed by atoms with E-state index >= 15 is 0 Å². The lowest BCUT2D eigenvalue weighted by Crippen LogP contribution is -2.34. The van der Waals surface area contributed by atoms with Crippen molar-refractivity contribution >= 4 is 11.6 Å². The van der Waals surface area contributed by atoms with Crippen molar-refractivity contribution in [2.45, 2.75) is 51.1 Å². The molecule has 1 N–H and O–H groups in total. The highest BCUT2D eigenvalue weighted by Crippen LogP contribution is 2.28. The van der Waals surface area contributed by atoms with Crippen LogP contribution in [-0.2, 0) is 6.54 Å². The minimum absolute atomic E-state index is 0.143. The summed E-state index contributed by atoms with van der Waals surface area (Å²) in [6.07, 6.45) is 6.38. The molecule has 0 bridgehead atoms. The van der Waals surface area contributed by atoms with E-state index in [0.717, 1.165) is 62.4 Å². The Bertz CT molecular complexity index is 1000. The van der Waals surface area contributed by atoms with Gasteiger partial charge in [0.1, 0.15) is 5.65 Å². The van der Waals surface area contributed by atoms with Gasteiger partial charge in [0.05, 0.1) is 17.1 Å². The predicted molar refractivity (Wildman–Crippen MR) is 104 cm³/mol. The fourth-order valence-corrected chi connectivity index (χ4v) is 4.08. The number of pyridine rings is 1. The third-order valence-electron chi connectivity index (χ3n) is 5.79. The molecule has 146 valence electrons. The second-order valence-corrected chi connectivity index (χ2v) is 8.01. The molecule has 0 radical (unpaired) electrons. The highest BCUT2D eigenvalue weighted by atomic mass is 16.5. The minimum Gasteiger partial charge on any atom is -0.351 e. The third kappa shape index (κ3) is 3.42. The monoisotopic (exact) mass is 379 g/mol. The van der Waals surface area contributed by atoms with Crippen LogP contribution in [0.2, 0.25) is 0 Å². The van der Waals surface area contributed by atoms with Crippen LogP contribution in [-0.4, -0.2) is 44.5 Å². The molecule has 2 aliphatic rings. The Labute approximate surface area is 163 Å². The summed E-state index contributed by atoms with van der Waals surface area (Å²) in [7, 11) is 0. The Morgan fingerprint density at radius 3 is 3.07 bits per heavy atom. The number of likely N-dealkylation sites (tertiary alicyclic amines) is 1. The number of piperidine rings is 1. The smallest absolute Gasteiger partial charge is 0.290 e. The molecule has 2 fully saturated rings. The molecule has 28 heavy (non-hydrogen) atoms. The molecule has 1 atom stereocenters. The lowest BCUT2D eigenvalue weighted by atomic mass is 9.94. The van der Waals surface area contributed by atoms with Crippen LogP contribution in [0.15, 0.2) is 35.0 Å². The first kappa shape index (κ1) is 17.4. The van der Waals surface area contributed by atoms with Crippen LogP contribution < -0.4 is 5.32 Å². The first-order valence-corrected chi connectivity index (χ1v) is 10.1. The van der Waals surface area contributed by atoms with E-state index in [4.69, 9.17) is 4.52 Å². The van der Waals surface area contributed by atoms with Gasteiger partial charge in [0.15, 0.2) is 0 Å². The van der Waals surface area contributed by atoms with Crippen molar-refractivity contribution in [3.05, 3.63) is 53.3 Å². The van der Waals surface area contributed by atoms with Gasteiger partial charge in [0.25, 0.3) is 5.91 Å². The predicted octanol–water partition coefficient (Wildman–Crippen LogP) is 2.90. The summed E-state index contributed by atoms with van der Waals surface area (Å²) < 4.78 is 7.51. The minimum atomic E-state index is -0.143. The summed E-state index contributed by atoms with van der Waals surface area (Å²) in [5.74, 6) is 0.478. The number of aryl methyl sites for hydroxylation is 1. The number of hydrogen-bond donors (Lipinski definition) is 1. The first-order chi connectivity index (χ1) is 13.7. The molecule has 7 heteroatoms. The Balaban J connectivity index is 1.29. The van der Waals surface area contributed by atoms with Crippen molar-refractivity contribution in [2.24, 2.45) is 0 Å². The van der Waals surface area contributed by atoms with Gasteiger partial charge in [-0.3, -0.25) is 9.69 Å². The molecule has 4 heterocycles. The quantitative estimate of drug-likeness (QED) is 0.738. The van der Waals surface area contributed by atoms with Crippen molar-refractivity contribution in [2.75, 3.05) is 13.1 Å². The fraction of sp³-hybridized carbons (Fsp3) is 0.476. The number of nitrogens with one attached hydrogen (secondary N) is 1. The van der Waals surface area contributed by atoms with Gasteiger partial charge in [-0.05, 0) is 51.3 Å². The molecule has 1 saturated heterocycles. The van der Waals surface area contributed by atoms with E-state index in [0.29, 0.717) is 17.7 Å². The molecular weight excluding hydrogens is 354 g/mol. The maximum atomic E-state index is 12.2. The number of rotatable bonds is 5. The highest BCUT2D eigenvalue weighted by Gasteiger charge is 2.28. The van der Waals surface area contributed by atoms with E-state index in [1.807, 2.05) is 24.3 Å². The van der Waals surface area contributed by atoms with Crippen LogP contribution >= 0.6 is 0 Å². The van der Waals surface area contributed by atoms with Crippen LogP contribution in [0, 0.1) is 6.92 Å². The van der Waals surface area contributed by atoms with E-state index in [2.05, 4.69) is 37.9 Å². The number of fused-ring (bicyclic) bond motifs is 1. The summed E-state index contributed by atoms with van der Waals surface area (Å²) in [5.41, 5.74) is 4.20. The molecule has 7 nitrogen and oxygen atoms in total. The lowest BCUT2D eigenvalue weighted by molar-refractivity contribution is 0.0913. The number of carbonyl (C=O) groups is 1.